The highest BCUT2D eigenvalue weighted by atomic mass is 35.5. The lowest BCUT2D eigenvalue weighted by Crippen LogP contribution is -2.40. The molecule has 0 atom stereocenters. The third kappa shape index (κ3) is 2.57. The summed E-state index contributed by atoms with van der Waals surface area (Å²) in [6.45, 7) is 4.09. The van der Waals surface area contributed by atoms with Crippen LogP contribution in [0.2, 0.25) is 5.02 Å². The number of carbonyl (C=O) groups is 1. The van der Waals surface area contributed by atoms with E-state index in [4.69, 9.17) is 11.6 Å². The fraction of sp³-hybridized carbons (Fsp3) is 0.417. The van der Waals surface area contributed by atoms with Gasteiger partial charge in [-0.15, -0.1) is 0 Å². The second kappa shape index (κ2) is 4.63. The van der Waals surface area contributed by atoms with E-state index in [1.54, 1.807) is 0 Å². The fourth-order valence-electron chi connectivity index (χ4n) is 1.32. The number of Topliss-reactive ketones (excluding diaryl/α,β-unsaturated/α-hetero) is 1. The van der Waals surface area contributed by atoms with Crippen molar-refractivity contribution in [3.8, 4) is 0 Å². The van der Waals surface area contributed by atoms with Gasteiger partial charge in [-0.1, -0.05) is 11.6 Å². The van der Waals surface area contributed by atoms with Crippen molar-refractivity contribution in [3.05, 3.63) is 34.1 Å². The van der Waals surface area contributed by atoms with E-state index in [0.717, 1.165) is 12.3 Å². The van der Waals surface area contributed by atoms with Crippen molar-refractivity contribution in [1.82, 2.24) is 0 Å². The molecule has 1 aromatic carbocycles. The normalized spacial score (nSPS) is 12.6. The van der Waals surface area contributed by atoms with Crippen molar-refractivity contribution in [2.24, 2.45) is 0 Å². The highest BCUT2D eigenvalue weighted by molar-refractivity contribution is 7.92. The maximum Gasteiger partial charge on any atom is 0.184 e. The van der Waals surface area contributed by atoms with Crippen LogP contribution in [-0.4, -0.2) is 25.2 Å². The Morgan fingerprint density at radius 1 is 1.33 bits per heavy atom. The molecule has 0 fully saturated rings. The third-order valence-electron chi connectivity index (χ3n) is 2.97. The zero-order chi connectivity index (χ0) is 14.3. The average molecular weight is 293 g/mol. The van der Waals surface area contributed by atoms with Crippen LogP contribution in [-0.2, 0) is 9.84 Å². The van der Waals surface area contributed by atoms with Gasteiger partial charge in [0.05, 0.1) is 5.02 Å². The van der Waals surface area contributed by atoms with Crippen molar-refractivity contribution in [2.45, 2.75) is 25.5 Å². The van der Waals surface area contributed by atoms with E-state index in [-0.39, 0.29) is 16.1 Å². The molecule has 18 heavy (non-hydrogen) atoms. The molecule has 0 saturated carbocycles. The Morgan fingerprint density at radius 3 is 2.28 bits per heavy atom. The number of hydrogen-bond donors (Lipinski definition) is 0. The first kappa shape index (κ1) is 15.1. The van der Waals surface area contributed by atoms with Crippen LogP contribution < -0.4 is 0 Å². The van der Waals surface area contributed by atoms with Crippen LogP contribution in [0.1, 0.15) is 29.8 Å². The van der Waals surface area contributed by atoms with Gasteiger partial charge in [0.25, 0.3) is 0 Å². The molecular weight excluding hydrogens is 279 g/mol. The molecule has 0 aromatic heterocycles. The molecular formula is C12H14ClFO3S. The number of halogens is 2. The zero-order valence-electron chi connectivity index (χ0n) is 10.5. The van der Waals surface area contributed by atoms with Crippen molar-refractivity contribution in [3.63, 3.8) is 0 Å². The molecule has 0 heterocycles. The topological polar surface area (TPSA) is 51.2 Å². The number of sulfone groups is 1. The monoisotopic (exact) mass is 292 g/mol. The highest BCUT2D eigenvalue weighted by Gasteiger charge is 2.39. The number of aryl methyl sites for hydroxylation is 1. The van der Waals surface area contributed by atoms with E-state index in [2.05, 4.69) is 0 Å². The van der Waals surface area contributed by atoms with Gasteiger partial charge in [-0.05, 0) is 38.5 Å². The lowest BCUT2D eigenvalue weighted by molar-refractivity contribution is 0.0954. The van der Waals surface area contributed by atoms with Crippen LogP contribution in [0, 0.1) is 12.7 Å². The summed E-state index contributed by atoms with van der Waals surface area (Å²) in [6, 6.07) is 2.29. The van der Waals surface area contributed by atoms with E-state index < -0.39 is 26.2 Å². The summed E-state index contributed by atoms with van der Waals surface area (Å²) in [5, 5.41) is -0.0835. The van der Waals surface area contributed by atoms with Crippen LogP contribution in [0.5, 0.6) is 0 Å². The molecule has 1 aromatic rings. The molecule has 6 heteroatoms. The van der Waals surface area contributed by atoms with Gasteiger partial charge in [0.1, 0.15) is 10.6 Å². The minimum atomic E-state index is -3.59. The largest absolute Gasteiger partial charge is 0.292 e. The van der Waals surface area contributed by atoms with Gasteiger partial charge in [-0.25, -0.2) is 12.8 Å². The maximum atomic E-state index is 13.2. The number of carbonyl (C=O) groups excluding carboxylic acids is 1. The minimum Gasteiger partial charge on any atom is -0.292 e. The Morgan fingerprint density at radius 2 is 1.83 bits per heavy atom. The van der Waals surface area contributed by atoms with Crippen LogP contribution in [0.15, 0.2) is 12.1 Å². The van der Waals surface area contributed by atoms with Crippen LogP contribution in [0.3, 0.4) is 0 Å². The Kier molecular flexibility index (Phi) is 3.89. The highest BCUT2D eigenvalue weighted by Crippen LogP contribution is 2.28. The molecule has 0 aliphatic heterocycles. The Bertz CT molecular complexity index is 606. The van der Waals surface area contributed by atoms with Crippen molar-refractivity contribution in [2.75, 3.05) is 6.26 Å². The van der Waals surface area contributed by atoms with Crippen molar-refractivity contribution < 1.29 is 17.6 Å². The van der Waals surface area contributed by atoms with Gasteiger partial charge in [0, 0.05) is 11.8 Å². The first-order valence-corrected chi connectivity index (χ1v) is 7.45. The molecule has 0 aliphatic rings. The van der Waals surface area contributed by atoms with Crippen LogP contribution in [0.25, 0.3) is 0 Å². The van der Waals surface area contributed by atoms with E-state index in [0.29, 0.717) is 0 Å². The molecule has 1 rings (SSSR count). The average Bonchev–Trinajstić information content (AvgIpc) is 2.20. The van der Waals surface area contributed by atoms with Gasteiger partial charge in [-0.2, -0.15) is 0 Å². The smallest absolute Gasteiger partial charge is 0.184 e. The van der Waals surface area contributed by atoms with E-state index >= 15 is 0 Å². The standard InChI is InChI=1S/C12H14ClFO3S/c1-7-5-8(9(13)6-10(7)14)11(15)12(2,3)18(4,16)17/h5-6H,1-4H3. The summed E-state index contributed by atoms with van der Waals surface area (Å²) < 4.78 is 34.8. The van der Waals surface area contributed by atoms with Gasteiger partial charge in [0.15, 0.2) is 15.6 Å². The first-order valence-electron chi connectivity index (χ1n) is 5.18. The molecule has 0 amide bonds. The lowest BCUT2D eigenvalue weighted by Gasteiger charge is -2.21. The quantitative estimate of drug-likeness (QED) is 0.805. The van der Waals surface area contributed by atoms with Crippen molar-refractivity contribution in [1.29, 1.82) is 0 Å². The SMILES string of the molecule is Cc1cc(C(=O)C(C)(C)S(C)(=O)=O)c(Cl)cc1F. The second-order valence-electron chi connectivity index (χ2n) is 4.69. The summed E-state index contributed by atoms with van der Waals surface area (Å²) >= 11 is 5.80. The van der Waals surface area contributed by atoms with Gasteiger partial charge in [0.2, 0.25) is 0 Å². The fourth-order valence-corrected chi connectivity index (χ4v) is 2.01. The van der Waals surface area contributed by atoms with Gasteiger partial charge < -0.3 is 0 Å². The molecule has 0 N–H and O–H groups in total. The third-order valence-corrected chi connectivity index (χ3v) is 5.32. The molecule has 0 saturated heterocycles. The molecule has 100 valence electrons. The number of benzene rings is 1. The Hall–Kier alpha value is -0.940. The summed E-state index contributed by atoms with van der Waals surface area (Å²) in [4.78, 5) is 12.2. The van der Waals surface area contributed by atoms with Crippen molar-refractivity contribution >= 4 is 27.2 Å². The number of ketones is 1. The summed E-state index contributed by atoms with van der Waals surface area (Å²) in [5.74, 6) is -1.17. The summed E-state index contributed by atoms with van der Waals surface area (Å²) in [6.07, 6.45) is 0.981. The predicted molar refractivity (Wildman–Crippen MR) is 69.4 cm³/mol. The van der Waals surface area contributed by atoms with E-state index in [1.165, 1.54) is 26.8 Å². The number of rotatable bonds is 3. The molecule has 0 bridgehead atoms. The summed E-state index contributed by atoms with van der Waals surface area (Å²) in [5.41, 5.74) is 0.262. The lowest BCUT2D eigenvalue weighted by atomic mass is 9.98. The first-order chi connectivity index (χ1) is 7.98. The number of hydrogen-bond acceptors (Lipinski definition) is 3. The Labute approximate surface area is 111 Å². The van der Waals surface area contributed by atoms with Crippen LogP contribution in [0.4, 0.5) is 4.39 Å². The van der Waals surface area contributed by atoms with Gasteiger partial charge >= 0.3 is 0 Å². The van der Waals surface area contributed by atoms with Gasteiger partial charge in [-0.3, -0.25) is 4.79 Å². The van der Waals surface area contributed by atoms with E-state index in [1.807, 2.05) is 0 Å². The van der Waals surface area contributed by atoms with E-state index in [9.17, 15) is 17.6 Å². The maximum absolute atomic E-state index is 13.2. The molecule has 0 aliphatic carbocycles. The Balaban J connectivity index is 3.42. The van der Waals surface area contributed by atoms with Crippen LogP contribution >= 0.6 is 11.6 Å². The predicted octanol–water partition coefficient (Wildman–Crippen LogP) is 2.79. The molecule has 0 spiro atoms. The molecule has 0 radical (unpaired) electrons. The zero-order valence-corrected chi connectivity index (χ0v) is 12.1. The molecule has 0 unspecified atom stereocenters. The minimum absolute atomic E-state index is 0.0194. The summed E-state index contributed by atoms with van der Waals surface area (Å²) in [7, 11) is -3.59. The molecule has 3 nitrogen and oxygen atoms in total. The second-order valence-corrected chi connectivity index (χ2v) is 7.66.